The number of ether oxygens (including phenoxy) is 3. The molecule has 0 bridgehead atoms. The third-order valence-corrected chi connectivity index (χ3v) is 15.8. The molecule has 0 spiro atoms. The molecule has 16 nitrogen and oxygen atoms in total. The zero-order valence-electron chi connectivity index (χ0n) is 58.3. The lowest BCUT2D eigenvalue weighted by Gasteiger charge is -2.21. The molecule has 0 aromatic heterocycles. The maximum Gasteiger partial charge on any atom is 0.472 e. The van der Waals surface area contributed by atoms with Crippen LogP contribution in [0.15, 0.2) is 170 Å². The number of hydrogen-bond donors (Lipinski definition) is 4. The zero-order valence-corrected chi connectivity index (χ0v) is 60.1. The smallest absolute Gasteiger partial charge is 0.463 e. The van der Waals surface area contributed by atoms with Crippen molar-refractivity contribution in [1.29, 1.82) is 0 Å². The Kier molecular flexibility index (Phi) is 65.1. The first-order valence-electron chi connectivity index (χ1n) is 35.4. The first-order valence-corrected chi connectivity index (χ1v) is 38.4. The minimum absolute atomic E-state index is 0.0321. The topological polar surface area (TPSA) is 231 Å². The third-order valence-electron chi connectivity index (χ3n) is 13.9. The van der Waals surface area contributed by atoms with E-state index in [2.05, 4.69) is 173 Å². The van der Waals surface area contributed by atoms with Crippen LogP contribution in [0.25, 0.3) is 0 Å². The van der Waals surface area contributed by atoms with Gasteiger partial charge in [-0.15, -0.1) is 0 Å². The number of esters is 3. The molecule has 0 rings (SSSR count). The standard InChI is InChI=1S/C77H124O16P2/c1-4-7-10-13-16-19-22-25-28-31-33-34-35-36-38-41-42-45-48-51-54-57-60-63-75(80)87-66-72(78)67-89-94(83,84)90-68-73(79)69-91-95(85,86)92-71-74(93-77(82)65-62-59-56-53-50-47-44-39-30-27-24-21-18-15-12-9-6-3)70-88-76(81)64-61-58-55-52-49-46-43-40-37-32-29-26-23-20-17-14-11-8-5-2/h8-9,11-12,16-21,25-30,33-34,36-38,40,44,46-47,49,55,58,72-74,78-79H,4-7,10,13-15,22-24,31-32,35,39,41-43,45,48,50-54,56-57,59-71H2,1-3H3,(H,83,84)(H,85,86)/b11-8-,12-9-,19-16-,20-17-,21-18-,28-25-,29-26-,30-27-,34-33-,38-36-,40-37-,47-44-,49-46-,58-55-. The number of carbonyl (C=O) groups is 3. The minimum Gasteiger partial charge on any atom is -0.463 e. The quantitative estimate of drug-likeness (QED) is 0.0146. The fourth-order valence-electron chi connectivity index (χ4n) is 8.57. The number of rotatable bonds is 65. The maximum absolute atomic E-state index is 12.9. The summed E-state index contributed by atoms with van der Waals surface area (Å²) in [6.07, 6.45) is 85.6. The molecule has 95 heavy (non-hydrogen) atoms. The van der Waals surface area contributed by atoms with Crippen LogP contribution in [-0.2, 0) is 55.8 Å². The molecule has 0 aliphatic carbocycles. The second-order valence-corrected chi connectivity index (χ2v) is 25.8. The normalized spacial score (nSPS) is 15.1. The molecule has 5 unspecified atom stereocenters. The van der Waals surface area contributed by atoms with Gasteiger partial charge < -0.3 is 34.2 Å². The van der Waals surface area contributed by atoms with E-state index in [0.29, 0.717) is 25.7 Å². The predicted octanol–water partition coefficient (Wildman–Crippen LogP) is 20.1. The van der Waals surface area contributed by atoms with Crippen molar-refractivity contribution in [3.63, 3.8) is 0 Å². The van der Waals surface area contributed by atoms with E-state index in [-0.39, 0.29) is 19.3 Å². The fourth-order valence-corrected chi connectivity index (χ4v) is 10.2. The largest absolute Gasteiger partial charge is 0.472 e. The molecule has 0 saturated carbocycles. The van der Waals surface area contributed by atoms with Crippen molar-refractivity contribution in [2.75, 3.05) is 39.6 Å². The molecule has 0 saturated heterocycles. The summed E-state index contributed by atoms with van der Waals surface area (Å²) in [5.41, 5.74) is 0. The van der Waals surface area contributed by atoms with Crippen LogP contribution in [-0.4, -0.2) is 95.9 Å². The first-order chi connectivity index (χ1) is 46.2. The van der Waals surface area contributed by atoms with Crippen molar-refractivity contribution in [2.45, 2.75) is 257 Å². The Hall–Kier alpha value is -5.09. The van der Waals surface area contributed by atoms with Crippen molar-refractivity contribution in [3.05, 3.63) is 170 Å². The Balaban J connectivity index is 4.77. The first kappa shape index (κ1) is 89.9. The molecule has 5 atom stereocenters. The molecule has 0 amide bonds. The summed E-state index contributed by atoms with van der Waals surface area (Å²) in [5.74, 6) is -1.73. The lowest BCUT2D eigenvalue weighted by Crippen LogP contribution is -2.30. The van der Waals surface area contributed by atoms with Gasteiger partial charge >= 0.3 is 33.6 Å². The average molecular weight is 1370 g/mol. The second kappa shape index (κ2) is 68.8. The van der Waals surface area contributed by atoms with E-state index in [1.54, 1.807) is 0 Å². The number of aliphatic hydroxyl groups is 2. The molecule has 0 fully saturated rings. The Morgan fingerprint density at radius 2 is 0.579 bits per heavy atom. The molecular formula is C77H124O16P2. The van der Waals surface area contributed by atoms with Gasteiger partial charge in [0.2, 0.25) is 0 Å². The maximum atomic E-state index is 12.9. The fraction of sp³-hybridized carbons (Fsp3) is 0.597. The van der Waals surface area contributed by atoms with Crippen molar-refractivity contribution in [2.24, 2.45) is 0 Å². The van der Waals surface area contributed by atoms with Crippen molar-refractivity contribution < 1.29 is 75.8 Å². The molecule has 4 N–H and O–H groups in total. The molecular weight excluding hydrogens is 1240 g/mol. The van der Waals surface area contributed by atoms with E-state index in [4.69, 9.17) is 32.3 Å². The van der Waals surface area contributed by atoms with Crippen molar-refractivity contribution in [1.82, 2.24) is 0 Å². The lowest BCUT2D eigenvalue weighted by molar-refractivity contribution is -0.161. The van der Waals surface area contributed by atoms with Crippen molar-refractivity contribution in [3.8, 4) is 0 Å². The molecule has 538 valence electrons. The van der Waals surface area contributed by atoms with E-state index < -0.39 is 91.5 Å². The average Bonchev–Trinajstić information content (AvgIpc) is 2.35. The van der Waals surface area contributed by atoms with Crippen LogP contribution in [0.4, 0.5) is 0 Å². The minimum atomic E-state index is -4.96. The van der Waals surface area contributed by atoms with Gasteiger partial charge in [0.05, 0.1) is 26.4 Å². The van der Waals surface area contributed by atoms with Crippen LogP contribution in [0.2, 0.25) is 0 Å². The highest BCUT2D eigenvalue weighted by Gasteiger charge is 2.29. The molecule has 0 aliphatic rings. The Morgan fingerprint density at radius 1 is 0.305 bits per heavy atom. The van der Waals surface area contributed by atoms with E-state index in [1.807, 2.05) is 18.2 Å². The van der Waals surface area contributed by atoms with Gasteiger partial charge in [0.25, 0.3) is 0 Å². The summed E-state index contributed by atoms with van der Waals surface area (Å²) in [7, 11) is -9.83. The van der Waals surface area contributed by atoms with E-state index >= 15 is 0 Å². The zero-order chi connectivity index (χ0) is 69.5. The van der Waals surface area contributed by atoms with Crippen molar-refractivity contribution >= 4 is 33.6 Å². The van der Waals surface area contributed by atoms with Gasteiger partial charge in [-0.1, -0.05) is 249 Å². The summed E-state index contributed by atoms with van der Waals surface area (Å²) in [6.45, 7) is 2.25. The molecule has 0 radical (unpaired) electrons. The van der Waals surface area contributed by atoms with Crippen LogP contribution < -0.4 is 0 Å². The van der Waals surface area contributed by atoms with Gasteiger partial charge in [0.15, 0.2) is 6.10 Å². The molecule has 0 aromatic rings. The molecule has 0 aliphatic heterocycles. The van der Waals surface area contributed by atoms with Gasteiger partial charge in [0.1, 0.15) is 25.4 Å². The third kappa shape index (κ3) is 70.1. The summed E-state index contributed by atoms with van der Waals surface area (Å²) < 4.78 is 60.8. The Morgan fingerprint density at radius 3 is 0.947 bits per heavy atom. The van der Waals surface area contributed by atoms with E-state index in [0.717, 1.165) is 148 Å². The summed E-state index contributed by atoms with van der Waals surface area (Å²) >= 11 is 0. The number of unbranched alkanes of at least 4 members (excludes halogenated alkanes) is 14. The van der Waals surface area contributed by atoms with Crippen LogP contribution in [0.3, 0.4) is 0 Å². The second-order valence-electron chi connectivity index (χ2n) is 22.9. The van der Waals surface area contributed by atoms with Gasteiger partial charge in [-0.25, -0.2) is 9.13 Å². The Bertz CT molecular complexity index is 2410. The highest BCUT2D eigenvalue weighted by molar-refractivity contribution is 7.47. The Labute approximate surface area is 573 Å². The van der Waals surface area contributed by atoms with E-state index in [9.17, 15) is 43.5 Å². The SMILES string of the molecule is CC/C=C\C/C=C\C/C=C\C/C=C\C/C=C\C/C=C\CCC(=O)OCC(COP(=O)(O)OCC(O)COP(=O)(O)OCC(O)COC(=O)CCCCCCCCC/C=C\C/C=C\C/C=C\C/C=C\CCCCC)OC(=O)CCCCCC/C=C\C/C=C\C/C=C\C/C=C\CC. The van der Waals surface area contributed by atoms with Gasteiger partial charge in [-0.2, -0.15) is 0 Å². The van der Waals surface area contributed by atoms with Gasteiger partial charge in [-0.3, -0.25) is 32.5 Å². The number of aliphatic hydroxyl groups excluding tert-OH is 2. The lowest BCUT2D eigenvalue weighted by atomic mass is 10.1. The number of phosphoric acid groups is 2. The molecule has 18 heteroatoms. The number of carbonyl (C=O) groups excluding carboxylic acids is 3. The monoisotopic (exact) mass is 1370 g/mol. The van der Waals surface area contributed by atoms with Crippen LogP contribution in [0.5, 0.6) is 0 Å². The summed E-state index contributed by atoms with van der Waals surface area (Å²) in [6, 6.07) is 0. The van der Waals surface area contributed by atoms with Crippen LogP contribution in [0, 0.1) is 0 Å². The highest BCUT2D eigenvalue weighted by atomic mass is 31.2. The summed E-state index contributed by atoms with van der Waals surface area (Å²) in [5, 5.41) is 20.6. The number of phosphoric ester groups is 2. The van der Waals surface area contributed by atoms with Crippen LogP contribution in [0.1, 0.15) is 239 Å². The number of allylic oxidation sites excluding steroid dienone is 28. The molecule has 0 heterocycles. The van der Waals surface area contributed by atoms with E-state index in [1.165, 1.54) is 25.7 Å². The van der Waals surface area contributed by atoms with Gasteiger partial charge in [0, 0.05) is 19.3 Å². The highest BCUT2D eigenvalue weighted by Crippen LogP contribution is 2.45. The van der Waals surface area contributed by atoms with Crippen LogP contribution >= 0.6 is 15.6 Å². The van der Waals surface area contributed by atoms with Gasteiger partial charge in [-0.05, 0) is 141 Å². The summed E-state index contributed by atoms with van der Waals surface area (Å²) in [4.78, 5) is 58.4. The molecule has 0 aromatic carbocycles. The predicted molar refractivity (Wildman–Crippen MR) is 389 cm³/mol. The number of hydrogen-bond acceptors (Lipinski definition) is 14.